The first kappa shape index (κ1) is 13.3. The lowest BCUT2D eigenvalue weighted by Gasteiger charge is -2.17. The van der Waals surface area contributed by atoms with E-state index in [1.165, 1.54) is 12.1 Å². The maximum absolute atomic E-state index is 11.9. The molecule has 16 heavy (non-hydrogen) atoms. The Bertz CT molecular complexity index is 419. The highest BCUT2D eigenvalue weighted by atomic mass is 127. The second kappa shape index (κ2) is 4.61. The quantitative estimate of drug-likeness (QED) is 0.644. The van der Waals surface area contributed by atoms with Gasteiger partial charge in [0, 0.05) is 6.42 Å². The monoisotopic (exact) mass is 334 g/mol. The Hall–Kier alpha value is -0.780. The minimum absolute atomic E-state index is 0.00888. The molecule has 88 valence electrons. The Morgan fingerprint density at radius 2 is 1.88 bits per heavy atom. The second-order valence-electron chi connectivity index (χ2n) is 4.96. The van der Waals surface area contributed by atoms with Crippen LogP contribution in [0.15, 0.2) is 12.1 Å². The van der Waals surface area contributed by atoms with Gasteiger partial charge in [0.05, 0.1) is 9.13 Å². The number of hydrogen-bond acceptors (Lipinski definition) is 3. The lowest BCUT2D eigenvalue weighted by atomic mass is 9.87. The zero-order valence-corrected chi connectivity index (χ0v) is 11.7. The summed E-state index contributed by atoms with van der Waals surface area (Å²) in [5, 5.41) is 19.1. The maximum Gasteiger partial charge on any atom is 0.167 e. The summed E-state index contributed by atoms with van der Waals surface area (Å²) in [6.07, 6.45) is 0.363. The highest BCUT2D eigenvalue weighted by Gasteiger charge is 2.21. The minimum Gasteiger partial charge on any atom is -0.507 e. The lowest BCUT2D eigenvalue weighted by molar-refractivity contribution is 0.0937. The van der Waals surface area contributed by atoms with Crippen molar-refractivity contribution in [1.82, 2.24) is 0 Å². The molecule has 0 aromatic heterocycles. The van der Waals surface area contributed by atoms with Crippen LogP contribution in [0.1, 0.15) is 37.6 Å². The van der Waals surface area contributed by atoms with Gasteiger partial charge in [0.2, 0.25) is 0 Å². The normalized spacial score (nSPS) is 11.5. The molecule has 2 N–H and O–H groups in total. The van der Waals surface area contributed by atoms with Gasteiger partial charge in [-0.05, 0) is 40.1 Å². The third-order valence-corrected chi connectivity index (χ3v) is 3.15. The third kappa shape index (κ3) is 3.10. The van der Waals surface area contributed by atoms with Crippen LogP contribution in [0.25, 0.3) is 0 Å². The number of hydrogen-bond donors (Lipinski definition) is 2. The van der Waals surface area contributed by atoms with Crippen LogP contribution in [0.5, 0.6) is 11.5 Å². The van der Waals surface area contributed by atoms with E-state index in [1.54, 1.807) is 0 Å². The molecule has 0 bridgehead atoms. The largest absolute Gasteiger partial charge is 0.507 e. The van der Waals surface area contributed by atoms with E-state index in [9.17, 15) is 15.0 Å². The van der Waals surface area contributed by atoms with Crippen molar-refractivity contribution in [3.63, 3.8) is 0 Å². The number of carbonyl (C=O) groups excluding carboxylic acids is 1. The Kier molecular flexibility index (Phi) is 3.83. The molecule has 1 rings (SSSR count). The van der Waals surface area contributed by atoms with E-state index >= 15 is 0 Å². The molecule has 0 saturated heterocycles. The molecular formula is C12H15IO3. The van der Waals surface area contributed by atoms with Gasteiger partial charge in [-0.1, -0.05) is 20.8 Å². The van der Waals surface area contributed by atoms with Gasteiger partial charge in [-0.2, -0.15) is 0 Å². The molecule has 0 spiro atoms. The van der Waals surface area contributed by atoms with Gasteiger partial charge in [0.1, 0.15) is 11.5 Å². The average molecular weight is 334 g/mol. The fourth-order valence-electron chi connectivity index (χ4n) is 1.36. The molecule has 0 atom stereocenters. The van der Waals surface area contributed by atoms with Crippen LogP contribution < -0.4 is 0 Å². The lowest BCUT2D eigenvalue weighted by Crippen LogP contribution is -2.13. The molecule has 0 heterocycles. The topological polar surface area (TPSA) is 57.5 Å². The fourth-order valence-corrected chi connectivity index (χ4v) is 1.83. The van der Waals surface area contributed by atoms with Crippen LogP contribution in [-0.2, 0) is 0 Å². The van der Waals surface area contributed by atoms with E-state index in [1.807, 2.05) is 43.4 Å². The summed E-state index contributed by atoms with van der Waals surface area (Å²) in [6, 6.07) is 2.89. The van der Waals surface area contributed by atoms with Crippen LogP contribution in [0.4, 0.5) is 0 Å². The Balaban J connectivity index is 3.06. The molecule has 1 aromatic carbocycles. The number of halogens is 1. The summed E-state index contributed by atoms with van der Waals surface area (Å²) >= 11 is 1.81. The van der Waals surface area contributed by atoms with Crippen molar-refractivity contribution in [2.45, 2.75) is 27.2 Å². The second-order valence-corrected chi connectivity index (χ2v) is 6.03. The van der Waals surface area contributed by atoms with E-state index < -0.39 is 0 Å². The van der Waals surface area contributed by atoms with Gasteiger partial charge in [0.15, 0.2) is 5.78 Å². The average Bonchev–Trinajstić information content (AvgIpc) is 2.11. The van der Waals surface area contributed by atoms with Gasteiger partial charge in [-0.25, -0.2) is 0 Å². The summed E-state index contributed by atoms with van der Waals surface area (Å²) in [5.74, 6) is -0.247. The SMILES string of the molecule is CC(C)(C)CC(=O)c1ccc(O)c(I)c1O. The molecule has 0 aliphatic heterocycles. The first-order chi connectivity index (χ1) is 7.22. The van der Waals surface area contributed by atoms with E-state index in [0.29, 0.717) is 9.99 Å². The predicted molar refractivity (Wildman–Crippen MR) is 70.9 cm³/mol. The number of phenolic OH excluding ortho intramolecular Hbond substituents is 2. The van der Waals surface area contributed by atoms with Gasteiger partial charge in [-0.3, -0.25) is 4.79 Å². The van der Waals surface area contributed by atoms with Crippen molar-refractivity contribution in [3.8, 4) is 11.5 Å². The van der Waals surface area contributed by atoms with Crippen molar-refractivity contribution in [2.75, 3.05) is 0 Å². The summed E-state index contributed by atoms with van der Waals surface area (Å²) in [5.41, 5.74) is 0.157. The summed E-state index contributed by atoms with van der Waals surface area (Å²) in [6.45, 7) is 5.90. The summed E-state index contributed by atoms with van der Waals surface area (Å²) in [4.78, 5) is 11.9. The molecule has 0 saturated carbocycles. The highest BCUT2D eigenvalue weighted by Crippen LogP contribution is 2.33. The zero-order chi connectivity index (χ0) is 12.5. The number of ketones is 1. The molecule has 3 nitrogen and oxygen atoms in total. The smallest absolute Gasteiger partial charge is 0.167 e. The van der Waals surface area contributed by atoms with Crippen molar-refractivity contribution in [1.29, 1.82) is 0 Å². The molecule has 0 radical (unpaired) electrons. The standard InChI is InChI=1S/C12H15IO3/c1-12(2,3)6-9(15)7-4-5-8(14)10(13)11(7)16/h4-5,14,16H,6H2,1-3H3. The zero-order valence-electron chi connectivity index (χ0n) is 9.54. The molecule has 4 heteroatoms. The van der Waals surface area contributed by atoms with Crippen molar-refractivity contribution in [2.24, 2.45) is 5.41 Å². The van der Waals surface area contributed by atoms with Gasteiger partial charge >= 0.3 is 0 Å². The van der Waals surface area contributed by atoms with Gasteiger partial charge in [-0.15, -0.1) is 0 Å². The van der Waals surface area contributed by atoms with E-state index in [2.05, 4.69) is 0 Å². The Morgan fingerprint density at radius 1 is 1.31 bits per heavy atom. The van der Waals surface area contributed by atoms with Gasteiger partial charge in [0.25, 0.3) is 0 Å². The number of carbonyl (C=O) groups is 1. The first-order valence-electron chi connectivity index (χ1n) is 4.96. The Labute approximate surface area is 109 Å². The van der Waals surface area contributed by atoms with E-state index in [4.69, 9.17) is 0 Å². The molecule has 1 aromatic rings. The molecule has 0 aliphatic carbocycles. The third-order valence-electron chi connectivity index (χ3n) is 2.09. The Morgan fingerprint density at radius 3 is 2.38 bits per heavy atom. The molecule has 0 fully saturated rings. The molecule has 0 aliphatic rings. The highest BCUT2D eigenvalue weighted by molar-refractivity contribution is 14.1. The fraction of sp³-hybridized carbons (Fsp3) is 0.417. The van der Waals surface area contributed by atoms with E-state index in [-0.39, 0.29) is 28.3 Å². The number of rotatable bonds is 2. The minimum atomic E-state index is -0.130. The summed E-state index contributed by atoms with van der Waals surface area (Å²) < 4.78 is 0.317. The molecular weight excluding hydrogens is 319 g/mol. The predicted octanol–water partition coefficient (Wildman–Crippen LogP) is 3.32. The van der Waals surface area contributed by atoms with Crippen LogP contribution in [0, 0.1) is 8.99 Å². The number of phenols is 2. The van der Waals surface area contributed by atoms with Crippen molar-refractivity contribution in [3.05, 3.63) is 21.3 Å². The number of Topliss-reactive ketones (excluding diaryl/α,β-unsaturated/α-hetero) is 1. The van der Waals surface area contributed by atoms with Crippen LogP contribution in [0.2, 0.25) is 0 Å². The van der Waals surface area contributed by atoms with Crippen LogP contribution in [-0.4, -0.2) is 16.0 Å². The van der Waals surface area contributed by atoms with E-state index in [0.717, 1.165) is 0 Å². The number of benzene rings is 1. The van der Waals surface area contributed by atoms with Crippen molar-refractivity contribution < 1.29 is 15.0 Å². The van der Waals surface area contributed by atoms with Crippen molar-refractivity contribution >= 4 is 28.4 Å². The van der Waals surface area contributed by atoms with Gasteiger partial charge < -0.3 is 10.2 Å². The molecule has 0 amide bonds. The maximum atomic E-state index is 11.9. The summed E-state index contributed by atoms with van der Waals surface area (Å²) in [7, 11) is 0. The number of aromatic hydroxyl groups is 2. The first-order valence-corrected chi connectivity index (χ1v) is 6.04. The molecule has 0 unspecified atom stereocenters. The van der Waals surface area contributed by atoms with Crippen LogP contribution in [0.3, 0.4) is 0 Å². The van der Waals surface area contributed by atoms with Crippen LogP contribution >= 0.6 is 22.6 Å².